The van der Waals surface area contributed by atoms with E-state index >= 15 is 0 Å². The number of carbonyl (C=O) groups is 1. The van der Waals surface area contributed by atoms with Gasteiger partial charge in [0.25, 0.3) is 10.0 Å². The van der Waals surface area contributed by atoms with Crippen LogP contribution >= 0.6 is 0 Å². The molecule has 1 aliphatic heterocycles. The number of methoxy groups -OCH3 is 1. The fraction of sp³-hybridized carbons (Fsp3) is 0.389. The lowest BCUT2D eigenvalue weighted by Gasteiger charge is -2.34. The number of rotatable bonds is 6. The van der Waals surface area contributed by atoms with Crippen LogP contribution in [0.2, 0.25) is 0 Å². The van der Waals surface area contributed by atoms with Gasteiger partial charge in [-0.1, -0.05) is 12.1 Å². The van der Waals surface area contributed by atoms with Crippen molar-refractivity contribution >= 4 is 21.7 Å². The standard InChI is InChI=1S/C18H23N3O5S/c1-20-9-11-21(12-10-20)15-5-3-14(4-6-15)13-19-27(23,24)17-8-7-16(26-17)18(22)25-2/h3-8,19H,9-13H2,1-2H3. The molecule has 0 amide bonds. The van der Waals surface area contributed by atoms with Gasteiger partial charge in [0.2, 0.25) is 10.9 Å². The van der Waals surface area contributed by atoms with Crippen LogP contribution in [0.4, 0.5) is 5.69 Å². The van der Waals surface area contributed by atoms with Crippen LogP contribution in [0, 0.1) is 0 Å². The monoisotopic (exact) mass is 393 g/mol. The highest BCUT2D eigenvalue weighted by Crippen LogP contribution is 2.18. The van der Waals surface area contributed by atoms with E-state index in [2.05, 4.69) is 26.3 Å². The Morgan fingerprint density at radius 1 is 1.11 bits per heavy atom. The molecule has 0 saturated carbocycles. The minimum absolute atomic E-state index is 0.125. The Balaban J connectivity index is 1.60. The molecular formula is C18H23N3O5S. The number of piperazine rings is 1. The summed E-state index contributed by atoms with van der Waals surface area (Å²) in [6, 6.07) is 10.3. The van der Waals surface area contributed by atoms with Crippen LogP contribution in [-0.2, 0) is 21.3 Å². The molecule has 0 spiro atoms. The Morgan fingerprint density at radius 2 is 1.78 bits per heavy atom. The van der Waals surface area contributed by atoms with Crippen molar-refractivity contribution < 1.29 is 22.4 Å². The molecule has 0 atom stereocenters. The molecule has 1 aromatic carbocycles. The predicted octanol–water partition coefficient (Wildman–Crippen LogP) is 1.30. The molecule has 27 heavy (non-hydrogen) atoms. The van der Waals surface area contributed by atoms with E-state index in [4.69, 9.17) is 4.42 Å². The zero-order valence-electron chi connectivity index (χ0n) is 15.3. The number of nitrogens with zero attached hydrogens (tertiary/aromatic N) is 2. The zero-order chi connectivity index (χ0) is 19.4. The lowest BCUT2D eigenvalue weighted by molar-refractivity contribution is 0.0559. The van der Waals surface area contributed by atoms with E-state index in [-0.39, 0.29) is 17.4 Å². The number of nitrogens with one attached hydrogen (secondary N) is 1. The Morgan fingerprint density at radius 3 is 2.41 bits per heavy atom. The van der Waals surface area contributed by atoms with Crippen molar-refractivity contribution in [2.45, 2.75) is 11.6 Å². The number of hydrogen-bond donors (Lipinski definition) is 1. The first-order valence-electron chi connectivity index (χ1n) is 8.59. The van der Waals surface area contributed by atoms with Crippen molar-refractivity contribution in [1.29, 1.82) is 0 Å². The van der Waals surface area contributed by atoms with E-state index in [0.717, 1.165) is 37.4 Å². The highest BCUT2D eigenvalue weighted by atomic mass is 32.2. The maximum atomic E-state index is 12.3. The molecule has 1 saturated heterocycles. The molecule has 146 valence electrons. The molecule has 0 bridgehead atoms. The van der Waals surface area contributed by atoms with Crippen LogP contribution in [0.15, 0.2) is 45.9 Å². The van der Waals surface area contributed by atoms with Crippen molar-refractivity contribution in [3.8, 4) is 0 Å². The van der Waals surface area contributed by atoms with Crippen molar-refractivity contribution in [1.82, 2.24) is 9.62 Å². The number of anilines is 1. The van der Waals surface area contributed by atoms with Crippen molar-refractivity contribution in [2.75, 3.05) is 45.2 Å². The summed E-state index contributed by atoms with van der Waals surface area (Å²) in [5, 5.41) is -0.322. The molecule has 2 heterocycles. The molecule has 3 rings (SSSR count). The summed E-state index contributed by atoms with van der Waals surface area (Å²) in [5.74, 6) is -0.884. The summed E-state index contributed by atoms with van der Waals surface area (Å²) in [7, 11) is -0.548. The topological polar surface area (TPSA) is 92.1 Å². The van der Waals surface area contributed by atoms with E-state index in [1.54, 1.807) is 0 Å². The third-order valence-electron chi connectivity index (χ3n) is 4.50. The molecule has 9 heteroatoms. The Kier molecular flexibility index (Phi) is 5.83. The van der Waals surface area contributed by atoms with Gasteiger partial charge in [0.1, 0.15) is 0 Å². The molecule has 0 unspecified atom stereocenters. The SMILES string of the molecule is COC(=O)c1ccc(S(=O)(=O)NCc2ccc(N3CCN(C)CC3)cc2)o1. The predicted molar refractivity (Wildman–Crippen MR) is 100 cm³/mol. The number of ether oxygens (including phenoxy) is 1. The van der Waals surface area contributed by atoms with E-state index in [0.29, 0.717) is 0 Å². The lowest BCUT2D eigenvalue weighted by atomic mass is 10.2. The average molecular weight is 393 g/mol. The summed E-state index contributed by atoms with van der Waals surface area (Å²) in [4.78, 5) is 16.0. The second-order valence-corrected chi connectivity index (χ2v) is 8.09. The van der Waals surface area contributed by atoms with Gasteiger partial charge in [-0.25, -0.2) is 17.9 Å². The first-order chi connectivity index (χ1) is 12.9. The molecule has 1 N–H and O–H groups in total. The van der Waals surface area contributed by atoms with Gasteiger partial charge >= 0.3 is 5.97 Å². The fourth-order valence-corrected chi connectivity index (χ4v) is 3.76. The number of hydrogen-bond acceptors (Lipinski definition) is 7. The fourth-order valence-electron chi connectivity index (χ4n) is 2.81. The Hall–Kier alpha value is -2.36. The Bertz CT molecular complexity index is 884. The van der Waals surface area contributed by atoms with Crippen LogP contribution in [0.3, 0.4) is 0 Å². The summed E-state index contributed by atoms with van der Waals surface area (Å²) in [6.07, 6.45) is 0. The number of esters is 1. The van der Waals surface area contributed by atoms with Gasteiger partial charge in [-0.3, -0.25) is 0 Å². The van der Waals surface area contributed by atoms with E-state index in [9.17, 15) is 13.2 Å². The highest BCUT2D eigenvalue weighted by Gasteiger charge is 2.21. The first-order valence-corrected chi connectivity index (χ1v) is 10.1. The van der Waals surface area contributed by atoms with Crippen LogP contribution < -0.4 is 9.62 Å². The van der Waals surface area contributed by atoms with Gasteiger partial charge in [0.15, 0.2) is 0 Å². The molecule has 8 nitrogen and oxygen atoms in total. The number of furan rings is 1. The minimum Gasteiger partial charge on any atom is -0.463 e. The van der Waals surface area contributed by atoms with E-state index in [1.165, 1.54) is 19.2 Å². The van der Waals surface area contributed by atoms with E-state index in [1.807, 2.05) is 24.3 Å². The lowest BCUT2D eigenvalue weighted by Crippen LogP contribution is -2.44. The molecule has 1 aromatic heterocycles. The van der Waals surface area contributed by atoms with Crippen LogP contribution in [0.1, 0.15) is 16.1 Å². The van der Waals surface area contributed by atoms with Crippen LogP contribution in [0.25, 0.3) is 0 Å². The van der Waals surface area contributed by atoms with Crippen LogP contribution in [0.5, 0.6) is 0 Å². The maximum Gasteiger partial charge on any atom is 0.374 e. The van der Waals surface area contributed by atoms with Gasteiger partial charge in [-0.2, -0.15) is 0 Å². The second-order valence-electron chi connectivity index (χ2n) is 6.39. The molecule has 0 aliphatic carbocycles. The third kappa shape index (κ3) is 4.68. The largest absolute Gasteiger partial charge is 0.463 e. The van der Waals surface area contributed by atoms with E-state index < -0.39 is 16.0 Å². The van der Waals surface area contributed by atoms with Gasteiger partial charge < -0.3 is 19.0 Å². The second kappa shape index (κ2) is 8.12. The summed E-state index contributed by atoms with van der Waals surface area (Å²) in [5.41, 5.74) is 1.96. The molecule has 1 aliphatic rings. The molecule has 1 fully saturated rings. The van der Waals surface area contributed by atoms with Gasteiger partial charge in [-0.05, 0) is 36.9 Å². The Labute approximate surface area is 158 Å². The van der Waals surface area contributed by atoms with Crippen LogP contribution in [-0.4, -0.2) is 59.6 Å². The first kappa shape index (κ1) is 19.4. The smallest absolute Gasteiger partial charge is 0.374 e. The number of likely N-dealkylation sites (N-methyl/N-ethyl adjacent to an activating group) is 1. The van der Waals surface area contributed by atoms with Gasteiger partial charge in [0.05, 0.1) is 7.11 Å². The number of benzene rings is 1. The van der Waals surface area contributed by atoms with Crippen molar-refractivity contribution in [3.63, 3.8) is 0 Å². The summed E-state index contributed by atoms with van der Waals surface area (Å²) < 4.78 is 36.6. The number of carbonyl (C=O) groups excluding carboxylic acids is 1. The molecule has 2 aromatic rings. The maximum absolute atomic E-state index is 12.3. The number of sulfonamides is 1. The normalized spacial score (nSPS) is 15.7. The zero-order valence-corrected chi connectivity index (χ0v) is 16.2. The highest BCUT2D eigenvalue weighted by molar-refractivity contribution is 7.89. The minimum atomic E-state index is -3.86. The molecular weight excluding hydrogens is 370 g/mol. The molecule has 0 radical (unpaired) electrons. The summed E-state index contributed by atoms with van der Waals surface area (Å²) >= 11 is 0. The van der Waals surface area contributed by atoms with Gasteiger partial charge in [0, 0.05) is 38.4 Å². The van der Waals surface area contributed by atoms with Crippen molar-refractivity contribution in [2.24, 2.45) is 0 Å². The average Bonchev–Trinajstić information content (AvgIpc) is 3.18. The summed E-state index contributed by atoms with van der Waals surface area (Å²) in [6.45, 7) is 4.13. The van der Waals surface area contributed by atoms with Crippen molar-refractivity contribution in [3.05, 3.63) is 47.7 Å². The third-order valence-corrected chi connectivity index (χ3v) is 5.78. The quantitative estimate of drug-likeness (QED) is 0.740. The van der Waals surface area contributed by atoms with Gasteiger partial charge in [-0.15, -0.1) is 0 Å².